The molecule has 0 saturated heterocycles. The van der Waals surface area contributed by atoms with Crippen LogP contribution in [0.3, 0.4) is 0 Å². The Labute approximate surface area is 164 Å². The zero-order valence-corrected chi connectivity index (χ0v) is 16.8. The van der Waals surface area contributed by atoms with E-state index in [4.69, 9.17) is 9.15 Å². The van der Waals surface area contributed by atoms with Crippen LogP contribution >= 0.6 is 0 Å². The zero-order valence-electron chi connectivity index (χ0n) is 16.8. The quantitative estimate of drug-likeness (QED) is 0.403. The molecule has 0 unspecified atom stereocenters. The summed E-state index contributed by atoms with van der Waals surface area (Å²) in [5, 5.41) is 2.41. The van der Waals surface area contributed by atoms with Crippen molar-refractivity contribution < 1.29 is 9.15 Å². The molecule has 0 aliphatic rings. The van der Waals surface area contributed by atoms with Gasteiger partial charge in [0.1, 0.15) is 17.6 Å². The molecule has 0 aliphatic heterocycles. The van der Waals surface area contributed by atoms with Crippen LogP contribution < -0.4 is 10.2 Å². The van der Waals surface area contributed by atoms with Gasteiger partial charge in [0.25, 0.3) is 0 Å². The first-order valence-electron chi connectivity index (χ1n) is 9.72. The summed E-state index contributed by atoms with van der Waals surface area (Å²) in [6, 6.07) is 13.3. The average Bonchev–Trinajstić information content (AvgIpc) is 2.74. The summed E-state index contributed by atoms with van der Waals surface area (Å²) in [5.74, 6) is 0.851. The van der Waals surface area contributed by atoms with Crippen LogP contribution in [-0.2, 0) is 0 Å². The van der Waals surface area contributed by atoms with Gasteiger partial charge < -0.3 is 9.15 Å². The predicted molar refractivity (Wildman–Crippen MR) is 115 cm³/mol. The number of rotatable bonds is 4. The molecule has 0 N–H and O–H groups in total. The largest absolute Gasteiger partial charge is 0.493 e. The summed E-state index contributed by atoms with van der Waals surface area (Å²) >= 11 is 0. The van der Waals surface area contributed by atoms with E-state index in [1.165, 1.54) is 6.26 Å². The van der Waals surface area contributed by atoms with Gasteiger partial charge in [-0.05, 0) is 60.0 Å². The fourth-order valence-electron chi connectivity index (χ4n) is 3.15. The van der Waals surface area contributed by atoms with Crippen molar-refractivity contribution in [2.45, 2.75) is 34.1 Å². The maximum absolute atomic E-state index is 13.2. The van der Waals surface area contributed by atoms with E-state index in [9.17, 15) is 4.79 Å². The zero-order chi connectivity index (χ0) is 20.1. The van der Waals surface area contributed by atoms with E-state index in [1.807, 2.05) is 63.2 Å². The van der Waals surface area contributed by atoms with E-state index in [2.05, 4.69) is 11.9 Å². The predicted octanol–water partition coefficient (Wildman–Crippen LogP) is 6.13. The van der Waals surface area contributed by atoms with Gasteiger partial charge in [-0.2, -0.15) is 0 Å². The standard InChI is InChI=1S/C22H19NO3.C2H6/c1-3-10-25-20-12-15-7-8-19-21(16(15)11-14(20)2)22(24)17(13-26-19)18-6-4-5-9-23-18;1-2/h4-9,11-13H,3,10H2,1-2H3;1-2H3. The number of hydrogen-bond acceptors (Lipinski definition) is 4. The number of fused-ring (bicyclic) bond motifs is 3. The smallest absolute Gasteiger partial charge is 0.202 e. The first-order chi connectivity index (χ1) is 13.7. The highest BCUT2D eigenvalue weighted by Gasteiger charge is 2.14. The third-order valence-electron chi connectivity index (χ3n) is 4.46. The number of pyridine rings is 1. The third-order valence-corrected chi connectivity index (χ3v) is 4.46. The van der Waals surface area contributed by atoms with Crippen LogP contribution in [0.5, 0.6) is 5.75 Å². The van der Waals surface area contributed by atoms with Crippen molar-refractivity contribution >= 4 is 21.7 Å². The molecule has 0 spiro atoms. The molecule has 2 aromatic heterocycles. The minimum absolute atomic E-state index is 0.0721. The molecular weight excluding hydrogens is 350 g/mol. The van der Waals surface area contributed by atoms with E-state index in [0.29, 0.717) is 28.8 Å². The molecule has 4 nitrogen and oxygen atoms in total. The van der Waals surface area contributed by atoms with Crippen molar-refractivity contribution in [2.24, 2.45) is 0 Å². The molecule has 144 valence electrons. The molecule has 0 atom stereocenters. The van der Waals surface area contributed by atoms with E-state index >= 15 is 0 Å². The summed E-state index contributed by atoms with van der Waals surface area (Å²) in [5.41, 5.74) is 2.58. The Bertz CT molecular complexity index is 1150. The third kappa shape index (κ3) is 3.63. The topological polar surface area (TPSA) is 52.3 Å². The summed E-state index contributed by atoms with van der Waals surface area (Å²) in [4.78, 5) is 17.5. The summed E-state index contributed by atoms with van der Waals surface area (Å²) in [6.07, 6.45) is 4.11. The molecular formula is C24H25NO3. The molecule has 0 aliphatic carbocycles. The van der Waals surface area contributed by atoms with Gasteiger partial charge in [-0.25, -0.2) is 0 Å². The van der Waals surface area contributed by atoms with Gasteiger partial charge in [0, 0.05) is 6.20 Å². The van der Waals surface area contributed by atoms with Crippen molar-refractivity contribution in [1.29, 1.82) is 0 Å². The Hall–Kier alpha value is -3.14. The molecule has 0 radical (unpaired) electrons. The van der Waals surface area contributed by atoms with E-state index < -0.39 is 0 Å². The maximum Gasteiger partial charge on any atom is 0.202 e. The van der Waals surface area contributed by atoms with E-state index in [-0.39, 0.29) is 5.43 Å². The van der Waals surface area contributed by atoms with E-state index in [1.54, 1.807) is 6.20 Å². The Morgan fingerprint density at radius 1 is 1.11 bits per heavy atom. The van der Waals surface area contributed by atoms with Crippen molar-refractivity contribution in [2.75, 3.05) is 6.61 Å². The van der Waals surface area contributed by atoms with Gasteiger partial charge in [-0.15, -0.1) is 0 Å². The second kappa shape index (κ2) is 8.70. The summed E-state index contributed by atoms with van der Waals surface area (Å²) in [7, 11) is 0. The maximum atomic E-state index is 13.2. The molecule has 4 aromatic rings. The molecule has 0 saturated carbocycles. The number of nitrogens with zero attached hydrogens (tertiary/aromatic N) is 1. The number of aromatic nitrogens is 1. The monoisotopic (exact) mass is 375 g/mol. The summed E-state index contributed by atoms with van der Waals surface area (Å²) < 4.78 is 11.6. The minimum Gasteiger partial charge on any atom is -0.493 e. The number of benzene rings is 2. The van der Waals surface area contributed by atoms with Gasteiger partial charge in [-0.1, -0.05) is 32.9 Å². The van der Waals surface area contributed by atoms with Crippen molar-refractivity contribution in [3.8, 4) is 17.0 Å². The van der Waals surface area contributed by atoms with Crippen LogP contribution in [0.25, 0.3) is 33.0 Å². The molecule has 4 heteroatoms. The van der Waals surface area contributed by atoms with Crippen molar-refractivity contribution in [3.63, 3.8) is 0 Å². The second-order valence-corrected chi connectivity index (χ2v) is 6.32. The highest BCUT2D eigenvalue weighted by atomic mass is 16.5. The first-order valence-corrected chi connectivity index (χ1v) is 9.72. The lowest BCUT2D eigenvalue weighted by molar-refractivity contribution is 0.316. The van der Waals surface area contributed by atoms with E-state index in [0.717, 1.165) is 28.5 Å². The first kappa shape index (κ1) is 19.6. The SMILES string of the molecule is CC.CCCOc1cc2ccc3occ(-c4ccccn4)c(=O)c3c2cc1C. The van der Waals surface area contributed by atoms with Crippen molar-refractivity contribution in [3.05, 3.63) is 70.7 Å². The van der Waals surface area contributed by atoms with Gasteiger partial charge in [0.15, 0.2) is 0 Å². The Balaban J connectivity index is 0.00000109. The number of hydrogen-bond donors (Lipinski definition) is 0. The molecule has 2 heterocycles. The van der Waals surface area contributed by atoms with Crippen molar-refractivity contribution in [1.82, 2.24) is 4.98 Å². The molecule has 28 heavy (non-hydrogen) atoms. The molecule has 0 bridgehead atoms. The van der Waals surface area contributed by atoms with Crippen LogP contribution in [0.1, 0.15) is 32.8 Å². The highest BCUT2D eigenvalue weighted by Crippen LogP contribution is 2.31. The lowest BCUT2D eigenvalue weighted by Gasteiger charge is -2.11. The highest BCUT2D eigenvalue weighted by molar-refractivity contribution is 6.07. The van der Waals surface area contributed by atoms with Crippen LogP contribution in [0, 0.1) is 6.92 Å². The van der Waals surface area contributed by atoms with Crippen LogP contribution in [0.15, 0.2) is 64.1 Å². The molecule has 4 rings (SSSR count). The van der Waals surface area contributed by atoms with Crippen LogP contribution in [0.4, 0.5) is 0 Å². The second-order valence-electron chi connectivity index (χ2n) is 6.32. The molecule has 0 amide bonds. The minimum atomic E-state index is -0.0721. The average molecular weight is 375 g/mol. The lowest BCUT2D eigenvalue weighted by atomic mass is 10.0. The summed E-state index contributed by atoms with van der Waals surface area (Å²) in [6.45, 7) is 8.74. The number of ether oxygens (including phenoxy) is 1. The lowest BCUT2D eigenvalue weighted by Crippen LogP contribution is -2.06. The fraction of sp³-hybridized carbons (Fsp3) is 0.250. The molecule has 2 aromatic carbocycles. The number of aryl methyl sites for hydroxylation is 1. The van der Waals surface area contributed by atoms with Gasteiger partial charge in [0.2, 0.25) is 5.43 Å². The van der Waals surface area contributed by atoms with Gasteiger partial charge >= 0.3 is 0 Å². The normalized spacial score (nSPS) is 10.6. The van der Waals surface area contributed by atoms with Crippen LogP contribution in [-0.4, -0.2) is 11.6 Å². The Morgan fingerprint density at radius 3 is 2.64 bits per heavy atom. The molecule has 0 fully saturated rings. The van der Waals surface area contributed by atoms with Crippen LogP contribution in [0.2, 0.25) is 0 Å². The fourth-order valence-corrected chi connectivity index (χ4v) is 3.15. The van der Waals surface area contributed by atoms with Gasteiger partial charge in [-0.3, -0.25) is 9.78 Å². The Morgan fingerprint density at radius 2 is 1.93 bits per heavy atom. The van der Waals surface area contributed by atoms with Gasteiger partial charge in [0.05, 0.1) is 23.3 Å². The Kier molecular flexibility index (Phi) is 6.09.